The van der Waals surface area contributed by atoms with Gasteiger partial charge in [0, 0.05) is 36.1 Å². The van der Waals surface area contributed by atoms with Crippen molar-refractivity contribution in [2.45, 2.75) is 62.6 Å². The van der Waals surface area contributed by atoms with E-state index in [1.165, 1.54) is 48.0 Å². The van der Waals surface area contributed by atoms with Gasteiger partial charge >= 0.3 is 11.9 Å². The Hall–Kier alpha value is -4.59. The minimum absolute atomic E-state index is 0.00555. The molecule has 0 bridgehead atoms. The van der Waals surface area contributed by atoms with Gasteiger partial charge in [-0.25, -0.2) is 14.6 Å². The largest absolute Gasteiger partial charge is 0.504 e. The van der Waals surface area contributed by atoms with Crippen molar-refractivity contribution in [3.63, 3.8) is 0 Å². The van der Waals surface area contributed by atoms with Crippen molar-refractivity contribution in [3.8, 4) is 11.5 Å². The summed E-state index contributed by atoms with van der Waals surface area (Å²) in [5.41, 5.74) is 4.07. The molecule has 0 aliphatic carbocycles. The van der Waals surface area contributed by atoms with Gasteiger partial charge in [-0.2, -0.15) is 0 Å². The number of nitrogens with two attached hydrogens (primary N) is 1. The molecule has 3 atom stereocenters. The van der Waals surface area contributed by atoms with Crippen LogP contribution in [0.3, 0.4) is 0 Å². The lowest BCUT2D eigenvalue weighted by atomic mass is 10.0. The number of carboxylic acid groups (broad SMARTS) is 2. The molecule has 0 spiro atoms. The lowest BCUT2D eigenvalue weighted by Crippen LogP contribution is -2.71. The number of thiazole rings is 1. The van der Waals surface area contributed by atoms with E-state index in [1.807, 2.05) is 0 Å². The second kappa shape index (κ2) is 14.7. The van der Waals surface area contributed by atoms with Crippen LogP contribution in [0.1, 0.15) is 55.6 Å². The number of amides is 3. The van der Waals surface area contributed by atoms with Crippen LogP contribution in [0.2, 0.25) is 5.02 Å². The molecule has 17 nitrogen and oxygen atoms in total. The molecular weight excluding hydrogens is 754 g/mol. The van der Waals surface area contributed by atoms with E-state index in [0.29, 0.717) is 29.7 Å². The summed E-state index contributed by atoms with van der Waals surface area (Å²) in [5.74, 6) is -5.21. The third kappa shape index (κ3) is 7.34. The number of phenolic OH excluding ortho intramolecular Hbond substituents is 2. The Labute approximate surface area is 316 Å². The SMILES string of the molecule is CC(C)(O/N=C(\C(=O)N[C@@H]1C(=O)N2C(C(=O)O)=C(C[N+]3(C[C@@H]4CCCN4C(=O)c4ccc(O)c(O)c4Cl)CCCC3)CS[C@H]12)c1csc(N)n1)C(=O)O. The van der Waals surface area contributed by atoms with Crippen molar-refractivity contribution in [1.29, 1.82) is 0 Å². The zero-order valence-electron chi connectivity index (χ0n) is 28.8. The lowest BCUT2D eigenvalue weighted by Gasteiger charge is -2.50. The number of benzene rings is 1. The van der Waals surface area contributed by atoms with Gasteiger partial charge in [-0.15, -0.1) is 23.1 Å². The molecule has 0 saturated carbocycles. The number of aromatic nitrogens is 1. The van der Waals surface area contributed by atoms with Crippen molar-refractivity contribution in [3.05, 3.63) is 45.1 Å². The van der Waals surface area contributed by atoms with E-state index in [0.717, 1.165) is 50.1 Å². The zero-order chi connectivity index (χ0) is 38.4. The number of nitrogens with one attached hydrogen (secondary N) is 1. The highest BCUT2D eigenvalue weighted by Crippen LogP contribution is 2.42. The summed E-state index contributed by atoms with van der Waals surface area (Å²) < 4.78 is 0.520. The predicted octanol–water partition coefficient (Wildman–Crippen LogP) is 2.03. The molecule has 20 heteroatoms. The second-order valence-electron chi connectivity index (χ2n) is 14.0. The molecule has 0 unspecified atom stereocenters. The number of aromatic hydroxyl groups is 2. The number of aliphatic carboxylic acids is 2. The predicted molar refractivity (Wildman–Crippen MR) is 193 cm³/mol. The maximum Gasteiger partial charge on any atom is 0.352 e. The number of hydrogen-bond donors (Lipinski definition) is 6. The van der Waals surface area contributed by atoms with Gasteiger partial charge in [-0.1, -0.05) is 16.8 Å². The maximum absolute atomic E-state index is 13.6. The number of nitrogens with zero attached hydrogens (tertiary/aromatic N) is 5. The third-order valence-electron chi connectivity index (χ3n) is 10.00. The smallest absolute Gasteiger partial charge is 0.352 e. The van der Waals surface area contributed by atoms with E-state index in [2.05, 4.69) is 15.5 Å². The zero-order valence-corrected chi connectivity index (χ0v) is 31.2. The summed E-state index contributed by atoms with van der Waals surface area (Å²) in [6, 6.07) is 1.29. The number of thioether (sulfide) groups is 1. The van der Waals surface area contributed by atoms with Crippen molar-refractivity contribution in [2.24, 2.45) is 5.16 Å². The van der Waals surface area contributed by atoms with Crippen molar-refractivity contribution >= 4 is 75.2 Å². The molecule has 3 fully saturated rings. The Morgan fingerprint density at radius 1 is 1.17 bits per heavy atom. The third-order valence-corrected chi connectivity index (χ3v) is 12.4. The van der Waals surface area contributed by atoms with E-state index >= 15 is 0 Å². The van der Waals surface area contributed by atoms with Crippen LogP contribution in [0.4, 0.5) is 5.13 Å². The number of phenols is 2. The first-order valence-corrected chi connectivity index (χ1v) is 19.1. The van der Waals surface area contributed by atoms with Gasteiger partial charge in [0.2, 0.25) is 5.60 Å². The number of fused-ring (bicyclic) bond motifs is 1. The molecule has 284 valence electrons. The normalized spacial score (nSPS) is 22.7. The minimum atomic E-state index is -1.79. The first kappa shape index (κ1) is 38.1. The Bertz CT molecular complexity index is 1930. The number of halogens is 1. The van der Waals surface area contributed by atoms with Crippen molar-refractivity contribution in [2.75, 3.05) is 44.2 Å². The Morgan fingerprint density at radius 3 is 2.53 bits per heavy atom. The monoisotopic (exact) mass is 792 g/mol. The first-order valence-electron chi connectivity index (χ1n) is 16.8. The summed E-state index contributed by atoms with van der Waals surface area (Å²) in [5, 5.41) is 46.8. The average molecular weight is 793 g/mol. The molecule has 4 aliphatic rings. The number of anilines is 1. The Balaban J connectivity index is 1.20. The Kier molecular flexibility index (Phi) is 10.6. The lowest BCUT2D eigenvalue weighted by molar-refractivity contribution is -0.913. The van der Waals surface area contributed by atoms with E-state index in [-0.39, 0.29) is 44.8 Å². The van der Waals surface area contributed by atoms with Crippen LogP contribution in [0, 0.1) is 0 Å². The summed E-state index contributed by atoms with van der Waals surface area (Å²) in [7, 11) is 0. The number of quaternary nitrogens is 1. The van der Waals surface area contributed by atoms with Crippen LogP contribution in [-0.2, 0) is 24.0 Å². The number of carboxylic acids is 2. The van der Waals surface area contributed by atoms with E-state index < -0.39 is 58.0 Å². The van der Waals surface area contributed by atoms with E-state index in [1.54, 1.807) is 4.90 Å². The number of rotatable bonds is 12. The van der Waals surface area contributed by atoms with Crippen LogP contribution >= 0.6 is 34.7 Å². The van der Waals surface area contributed by atoms with Crippen LogP contribution in [0.25, 0.3) is 0 Å². The molecule has 3 amide bonds. The van der Waals surface area contributed by atoms with Crippen LogP contribution in [0.15, 0.2) is 33.9 Å². The number of hydrogen-bond acceptors (Lipinski definition) is 13. The molecule has 53 heavy (non-hydrogen) atoms. The average Bonchev–Trinajstić information content (AvgIpc) is 3.87. The van der Waals surface area contributed by atoms with Crippen LogP contribution in [0.5, 0.6) is 11.5 Å². The van der Waals surface area contributed by atoms with Gasteiger partial charge in [0.05, 0.1) is 36.3 Å². The molecule has 5 heterocycles. The highest BCUT2D eigenvalue weighted by Gasteiger charge is 2.55. The number of β-lactam (4-membered cyclic amide) rings is 1. The molecule has 3 saturated heterocycles. The summed E-state index contributed by atoms with van der Waals surface area (Å²) in [6.07, 6.45) is 3.28. The quantitative estimate of drug-likeness (QED) is 0.0593. The first-order chi connectivity index (χ1) is 25.0. The number of oxime groups is 1. The highest BCUT2D eigenvalue weighted by molar-refractivity contribution is 8.00. The number of carbonyl (C=O) groups excluding carboxylic acids is 3. The van der Waals surface area contributed by atoms with Gasteiger partial charge < -0.3 is 45.7 Å². The molecule has 4 aliphatic heterocycles. The van der Waals surface area contributed by atoms with Crippen molar-refractivity contribution < 1.29 is 53.7 Å². The molecule has 2 aromatic rings. The summed E-state index contributed by atoms with van der Waals surface area (Å²) in [6.45, 7) is 5.36. The Morgan fingerprint density at radius 2 is 1.89 bits per heavy atom. The standard InChI is InChI=1S/C33H38ClN7O10S2/c1-33(2,31(49)50)51-38-22(19-15-53-32(35)36-19)26(44)37-23-28(46)40-24(30(47)48)16(14-52-29(23)40)12-41(10-3-4-11-41)13-17-6-5-9-39(17)27(45)18-7-8-20(42)25(43)21(18)34/h7-8,15,17,23,29H,3-6,9-14H2,1-2H3,(H6-,35,36,37,38,42,43,44,45,47,48,49,50)/p+1/t17-,23+,29+/m0/s1. The van der Waals surface area contributed by atoms with Gasteiger partial charge in [0.25, 0.3) is 17.7 Å². The topological polar surface area (TPSA) is 245 Å². The van der Waals surface area contributed by atoms with Crippen molar-refractivity contribution in [1.82, 2.24) is 20.1 Å². The molecule has 6 rings (SSSR count). The number of likely N-dealkylation sites (tertiary alicyclic amines) is 2. The molecule has 7 N–H and O–H groups in total. The summed E-state index contributed by atoms with van der Waals surface area (Å²) >= 11 is 8.57. The van der Waals surface area contributed by atoms with Crippen LogP contribution < -0.4 is 11.1 Å². The van der Waals surface area contributed by atoms with Gasteiger partial charge in [-0.05, 0) is 38.8 Å². The molecule has 1 aromatic carbocycles. The van der Waals surface area contributed by atoms with E-state index in [4.69, 9.17) is 22.2 Å². The maximum atomic E-state index is 13.6. The number of carbonyl (C=O) groups is 5. The fourth-order valence-electron chi connectivity index (χ4n) is 7.24. The highest BCUT2D eigenvalue weighted by atomic mass is 35.5. The fourth-order valence-corrected chi connectivity index (χ4v) is 9.37. The molecule has 1 aromatic heterocycles. The minimum Gasteiger partial charge on any atom is -0.504 e. The molecule has 0 radical (unpaired) electrons. The van der Waals surface area contributed by atoms with Gasteiger partial charge in [0.15, 0.2) is 22.3 Å². The number of nitrogen functional groups attached to an aromatic ring is 1. The molecular formula is C33H39ClN7O10S2+. The van der Waals surface area contributed by atoms with Gasteiger partial charge in [0.1, 0.15) is 29.4 Å². The van der Waals surface area contributed by atoms with Gasteiger partial charge in [-0.3, -0.25) is 19.3 Å². The fraction of sp³-hybridized carbons (Fsp3) is 0.485. The van der Waals surface area contributed by atoms with Crippen LogP contribution in [-0.4, -0.2) is 137 Å². The second-order valence-corrected chi connectivity index (χ2v) is 16.3. The summed E-state index contributed by atoms with van der Waals surface area (Å²) in [4.78, 5) is 77.2. The van der Waals surface area contributed by atoms with E-state index in [9.17, 15) is 44.4 Å².